The van der Waals surface area contributed by atoms with E-state index in [2.05, 4.69) is 17.0 Å². The lowest BCUT2D eigenvalue weighted by molar-refractivity contribution is -0.130. The second-order valence-corrected chi connectivity index (χ2v) is 18.5. The SMILES string of the molecule is CCCCCCCCCCCCCCCCCCCC[C@H](CN(C)P(=O)(O)O[C@@H](C)[C@@]1(C)O[C@@H](c2ccc3c(N)ncnn23)[C@H](O)[C@@H]1O)OCc1cc(F)cc(C#N)c1. The van der Waals surface area contributed by atoms with Crippen molar-refractivity contribution in [2.24, 2.45) is 0 Å². The number of hydrogen-bond donors (Lipinski definition) is 4. The summed E-state index contributed by atoms with van der Waals surface area (Å²) >= 11 is 0. The Hall–Kier alpha value is -2.99. The number of benzene rings is 1. The summed E-state index contributed by atoms with van der Waals surface area (Å²) in [5.41, 5.74) is 5.97. The van der Waals surface area contributed by atoms with E-state index in [1.807, 2.05) is 6.07 Å². The molecular formula is C44H70FN6O7P. The summed E-state index contributed by atoms with van der Waals surface area (Å²) in [6.45, 7) is 5.32. The quantitative estimate of drug-likeness (QED) is 0.0384. The highest BCUT2D eigenvalue weighted by molar-refractivity contribution is 7.50. The van der Waals surface area contributed by atoms with Gasteiger partial charge in [-0.25, -0.2) is 23.1 Å². The normalized spacial score (nSPS) is 21.5. The van der Waals surface area contributed by atoms with E-state index in [0.717, 1.165) is 31.7 Å². The van der Waals surface area contributed by atoms with Crippen LogP contribution in [-0.2, 0) is 25.2 Å². The number of aromatic nitrogens is 3. The molecule has 2 aromatic heterocycles. The highest BCUT2D eigenvalue weighted by Crippen LogP contribution is 2.51. The zero-order chi connectivity index (χ0) is 42.8. The van der Waals surface area contributed by atoms with Crippen LogP contribution in [0.15, 0.2) is 36.7 Å². The number of nitrogens with two attached hydrogens (primary N) is 1. The molecule has 0 amide bonds. The molecule has 1 aromatic carbocycles. The van der Waals surface area contributed by atoms with E-state index in [-0.39, 0.29) is 24.5 Å². The van der Waals surface area contributed by atoms with E-state index in [1.165, 1.54) is 132 Å². The monoisotopic (exact) mass is 845 g/mol. The van der Waals surface area contributed by atoms with Gasteiger partial charge in [-0.05, 0) is 63.2 Å². The average molecular weight is 845 g/mol. The summed E-state index contributed by atoms with van der Waals surface area (Å²) in [4.78, 5) is 15.2. The molecule has 4 rings (SSSR count). The smallest absolute Gasteiger partial charge is 0.387 e. The number of anilines is 1. The first kappa shape index (κ1) is 48.7. The van der Waals surface area contributed by atoms with Crippen molar-refractivity contribution in [2.75, 3.05) is 19.3 Å². The minimum atomic E-state index is -4.52. The second kappa shape index (κ2) is 24.5. The molecule has 0 bridgehead atoms. The number of rotatable bonds is 29. The lowest BCUT2D eigenvalue weighted by atomic mass is 9.91. The molecule has 1 saturated heterocycles. The minimum absolute atomic E-state index is 0.0132. The van der Waals surface area contributed by atoms with Crippen molar-refractivity contribution in [3.8, 4) is 6.07 Å². The molecule has 5 N–H and O–H groups in total. The fourth-order valence-electron chi connectivity index (χ4n) is 7.98. The Labute approximate surface area is 351 Å². The van der Waals surface area contributed by atoms with Crippen LogP contribution >= 0.6 is 7.75 Å². The van der Waals surface area contributed by atoms with Gasteiger partial charge in [0.25, 0.3) is 0 Å². The maximum atomic E-state index is 14.2. The van der Waals surface area contributed by atoms with E-state index in [0.29, 0.717) is 23.2 Å². The Bertz CT molecular complexity index is 1790. The van der Waals surface area contributed by atoms with E-state index in [1.54, 1.807) is 18.2 Å². The summed E-state index contributed by atoms with van der Waals surface area (Å²) < 4.78 is 48.9. The number of aliphatic hydroxyl groups excluding tert-OH is 2. The summed E-state index contributed by atoms with van der Waals surface area (Å²) in [6.07, 6.45) is 19.0. The first-order valence-electron chi connectivity index (χ1n) is 22.0. The number of nitrogen functional groups attached to an aromatic ring is 1. The topological polar surface area (TPSA) is 189 Å². The fraction of sp³-hybridized carbons (Fsp3) is 0.705. The first-order chi connectivity index (χ1) is 28.3. The molecule has 0 spiro atoms. The lowest BCUT2D eigenvalue weighted by Crippen LogP contribution is -2.49. The molecule has 3 aromatic rings. The van der Waals surface area contributed by atoms with Gasteiger partial charge in [-0.1, -0.05) is 122 Å². The van der Waals surface area contributed by atoms with E-state index < -0.39 is 49.7 Å². The van der Waals surface area contributed by atoms with Gasteiger partial charge >= 0.3 is 7.75 Å². The van der Waals surface area contributed by atoms with Crippen LogP contribution in [0.1, 0.15) is 166 Å². The molecule has 1 aliphatic rings. The molecule has 7 atom stereocenters. The van der Waals surface area contributed by atoms with Gasteiger partial charge in [0, 0.05) is 6.54 Å². The van der Waals surface area contributed by atoms with Crippen LogP contribution in [0.2, 0.25) is 0 Å². The number of nitriles is 1. The molecule has 1 aliphatic heterocycles. The van der Waals surface area contributed by atoms with E-state index in [9.17, 15) is 29.3 Å². The number of fused-ring (bicyclic) bond motifs is 1. The van der Waals surface area contributed by atoms with Crippen molar-refractivity contribution in [1.82, 2.24) is 19.3 Å². The minimum Gasteiger partial charge on any atom is -0.387 e. The van der Waals surface area contributed by atoms with Crippen LogP contribution < -0.4 is 5.73 Å². The summed E-state index contributed by atoms with van der Waals surface area (Å²) in [5, 5.41) is 35.8. The molecule has 330 valence electrons. The lowest BCUT2D eigenvalue weighted by Gasteiger charge is -2.36. The molecule has 1 unspecified atom stereocenters. The number of halogens is 1. The standard InChI is InChI=1S/C44H70FN6O7P/c1-5-6-7-8-9-10-11-12-13-14-15-16-17-18-19-20-21-22-23-37(56-31-35-26-34(29-46)27-36(45)28-35)30-50(4)59(54,55)58-33(2)44(3)42(53)40(52)41(57-44)38-24-25-39-43(47)48-32-49-51(38)39/h24-28,32-33,37,40-42,52-53H,5-23,30-31H2,1-4H3,(H,54,55)(H2,47,48,49)/t33-,37+,40-,41-,42-,44+/m0/s1. The Balaban J connectivity index is 1.24. The van der Waals surface area contributed by atoms with Crippen LogP contribution in [0.3, 0.4) is 0 Å². The molecule has 1 fully saturated rings. The van der Waals surface area contributed by atoms with E-state index in [4.69, 9.17) is 19.7 Å². The zero-order valence-electron chi connectivity index (χ0n) is 35.8. The van der Waals surface area contributed by atoms with Crippen LogP contribution in [-0.4, -0.2) is 78.0 Å². The molecule has 0 saturated carbocycles. The van der Waals surface area contributed by atoms with Gasteiger partial charge in [-0.2, -0.15) is 10.4 Å². The summed E-state index contributed by atoms with van der Waals surface area (Å²) in [7, 11) is -3.06. The maximum Gasteiger partial charge on any atom is 0.405 e. The Kier molecular flexibility index (Phi) is 20.2. The largest absolute Gasteiger partial charge is 0.405 e. The van der Waals surface area contributed by atoms with Gasteiger partial charge in [0.05, 0.1) is 36.1 Å². The van der Waals surface area contributed by atoms with Gasteiger partial charge in [0.1, 0.15) is 41.6 Å². The van der Waals surface area contributed by atoms with Gasteiger partial charge in [0.2, 0.25) is 0 Å². The van der Waals surface area contributed by atoms with Crippen LogP contribution in [0.4, 0.5) is 10.2 Å². The molecular weight excluding hydrogens is 774 g/mol. The Morgan fingerprint density at radius 2 is 1.56 bits per heavy atom. The Morgan fingerprint density at radius 1 is 0.983 bits per heavy atom. The first-order valence-corrected chi connectivity index (χ1v) is 23.5. The van der Waals surface area contributed by atoms with Gasteiger partial charge in [0.15, 0.2) is 5.82 Å². The highest BCUT2D eigenvalue weighted by Gasteiger charge is 2.57. The van der Waals surface area contributed by atoms with Crippen molar-refractivity contribution in [3.63, 3.8) is 0 Å². The molecule has 3 heterocycles. The fourth-order valence-corrected chi connectivity index (χ4v) is 9.15. The van der Waals surface area contributed by atoms with Crippen molar-refractivity contribution in [1.29, 1.82) is 5.26 Å². The molecule has 13 nitrogen and oxygen atoms in total. The predicted molar refractivity (Wildman–Crippen MR) is 228 cm³/mol. The number of ether oxygens (including phenoxy) is 2. The van der Waals surface area contributed by atoms with Crippen molar-refractivity contribution >= 4 is 19.1 Å². The Morgan fingerprint density at radius 3 is 2.14 bits per heavy atom. The molecule has 15 heteroatoms. The molecule has 0 radical (unpaired) electrons. The highest BCUT2D eigenvalue weighted by atomic mass is 31.2. The number of unbranched alkanes of at least 4 members (excludes halogenated alkanes) is 17. The molecule has 0 aliphatic carbocycles. The third-order valence-electron chi connectivity index (χ3n) is 11.9. The third kappa shape index (κ3) is 14.6. The zero-order valence-corrected chi connectivity index (χ0v) is 36.7. The van der Waals surface area contributed by atoms with Crippen LogP contribution in [0.5, 0.6) is 0 Å². The van der Waals surface area contributed by atoms with Crippen molar-refractivity contribution in [2.45, 2.75) is 185 Å². The third-order valence-corrected chi connectivity index (χ3v) is 13.5. The maximum absolute atomic E-state index is 14.2. The number of hydrogen-bond acceptors (Lipinski definition) is 10. The number of aliphatic hydroxyl groups is 2. The summed E-state index contributed by atoms with van der Waals surface area (Å²) in [5.74, 6) is -0.310. The van der Waals surface area contributed by atoms with E-state index >= 15 is 0 Å². The van der Waals surface area contributed by atoms with Gasteiger partial charge < -0.3 is 30.3 Å². The second-order valence-electron chi connectivity index (χ2n) is 16.6. The van der Waals surface area contributed by atoms with Crippen molar-refractivity contribution < 1.29 is 38.1 Å². The number of likely N-dealkylation sites (N-methyl/N-ethyl adjacent to an activating group) is 1. The summed E-state index contributed by atoms with van der Waals surface area (Å²) in [6, 6.07) is 9.34. The van der Waals surface area contributed by atoms with Gasteiger partial charge in [-0.15, -0.1) is 0 Å². The average Bonchev–Trinajstić information content (AvgIpc) is 3.74. The predicted octanol–water partition coefficient (Wildman–Crippen LogP) is 9.33. The van der Waals surface area contributed by atoms with Gasteiger partial charge in [-0.3, -0.25) is 4.52 Å². The number of nitrogens with zero attached hydrogens (tertiary/aromatic N) is 5. The van der Waals surface area contributed by atoms with Crippen molar-refractivity contribution in [3.05, 3.63) is 59.3 Å². The molecule has 59 heavy (non-hydrogen) atoms. The van der Waals surface area contributed by atoms with Crippen LogP contribution in [0, 0.1) is 17.1 Å². The van der Waals surface area contributed by atoms with Crippen LogP contribution in [0.25, 0.3) is 5.52 Å².